The number of para-hydroxylation sites is 1. The predicted molar refractivity (Wildman–Crippen MR) is 66.6 cm³/mol. The third-order valence-corrected chi connectivity index (χ3v) is 2.30. The number of hydrogen-bond acceptors (Lipinski definition) is 2. The van der Waals surface area contributed by atoms with Crippen LogP contribution in [0.2, 0.25) is 0 Å². The number of carbonyl (C=O) groups excluding carboxylic acids is 1. The fourth-order valence-corrected chi connectivity index (χ4v) is 1.43. The first-order valence-corrected chi connectivity index (χ1v) is 5.23. The summed E-state index contributed by atoms with van der Waals surface area (Å²) in [4.78, 5) is 11.7. The van der Waals surface area contributed by atoms with Gasteiger partial charge in [-0.3, -0.25) is 4.79 Å². The number of hydrogen-bond donors (Lipinski definition) is 0. The van der Waals surface area contributed by atoms with E-state index in [0.717, 1.165) is 6.21 Å². The summed E-state index contributed by atoms with van der Waals surface area (Å²) < 4.78 is 0.579. The fourth-order valence-electron chi connectivity index (χ4n) is 1.43. The molecule has 0 radical (unpaired) electrons. The van der Waals surface area contributed by atoms with Crippen LogP contribution in [0.25, 0.3) is 0 Å². The van der Waals surface area contributed by atoms with Gasteiger partial charge in [0.15, 0.2) is 0 Å². The molecule has 3 heteroatoms. The predicted octanol–water partition coefficient (Wildman–Crippen LogP) is 2.78. The van der Waals surface area contributed by atoms with Crippen LogP contribution in [0.4, 0.5) is 5.69 Å². The van der Waals surface area contributed by atoms with Gasteiger partial charge >= 0.3 is 0 Å². The molecule has 0 aliphatic carbocycles. The zero-order chi connectivity index (χ0) is 12.1. The Morgan fingerprint density at radius 2 is 1.47 bits per heavy atom. The van der Waals surface area contributed by atoms with Crippen LogP contribution in [-0.4, -0.2) is 16.7 Å². The zero-order valence-corrected chi connectivity index (χ0v) is 9.11. The van der Waals surface area contributed by atoms with Crippen LogP contribution in [0.3, 0.4) is 0 Å². The van der Waals surface area contributed by atoms with Crippen molar-refractivity contribution in [2.75, 3.05) is 0 Å². The number of ketones is 1. The lowest BCUT2D eigenvalue weighted by Crippen LogP contribution is -2.08. The van der Waals surface area contributed by atoms with E-state index in [1.54, 1.807) is 48.5 Å². The molecule has 2 aromatic carbocycles. The number of carbonyl (C=O) groups is 1. The van der Waals surface area contributed by atoms with Crippen molar-refractivity contribution in [2.24, 2.45) is 0 Å². The molecule has 0 bridgehead atoms. The molecule has 2 aromatic rings. The van der Waals surface area contributed by atoms with E-state index in [1.165, 1.54) is 0 Å². The molecule has 0 unspecified atom stereocenters. The standard InChI is InChI=1S/C14H11NO2/c16-14(12-7-3-1-4-8-12)11-15(17)13-9-5-2-6-10-13/h1-11H/b15-11-. The van der Waals surface area contributed by atoms with Gasteiger partial charge in [0.2, 0.25) is 17.7 Å². The van der Waals surface area contributed by atoms with Gasteiger partial charge in [0.1, 0.15) is 0 Å². The first-order valence-electron chi connectivity index (χ1n) is 5.23. The van der Waals surface area contributed by atoms with Crippen molar-refractivity contribution < 1.29 is 9.53 Å². The summed E-state index contributed by atoms with van der Waals surface area (Å²) in [6.07, 6.45) is 1.05. The third-order valence-electron chi connectivity index (χ3n) is 2.30. The smallest absolute Gasteiger partial charge is 0.250 e. The minimum absolute atomic E-state index is 0.301. The third kappa shape index (κ3) is 2.78. The van der Waals surface area contributed by atoms with Gasteiger partial charge in [0.05, 0.1) is 0 Å². The molecule has 2 rings (SSSR count). The van der Waals surface area contributed by atoms with Crippen molar-refractivity contribution in [2.45, 2.75) is 0 Å². The SMILES string of the molecule is O=C(/C=[N+](\[O-])c1ccccc1)c1ccccc1. The quantitative estimate of drug-likeness (QED) is 0.265. The minimum atomic E-state index is -0.301. The topological polar surface area (TPSA) is 43.1 Å². The summed E-state index contributed by atoms with van der Waals surface area (Å²) in [5.74, 6) is -0.301. The van der Waals surface area contributed by atoms with Crippen molar-refractivity contribution >= 4 is 17.7 Å². The van der Waals surface area contributed by atoms with E-state index in [1.807, 2.05) is 12.1 Å². The van der Waals surface area contributed by atoms with Gasteiger partial charge in [-0.1, -0.05) is 48.5 Å². The molecule has 84 valence electrons. The second-order valence-electron chi connectivity index (χ2n) is 3.52. The molecule has 3 nitrogen and oxygen atoms in total. The van der Waals surface area contributed by atoms with Gasteiger partial charge in [-0.05, 0) is 0 Å². The zero-order valence-electron chi connectivity index (χ0n) is 9.11. The largest absolute Gasteiger partial charge is 0.618 e. The van der Waals surface area contributed by atoms with Crippen LogP contribution >= 0.6 is 0 Å². The van der Waals surface area contributed by atoms with E-state index in [0.29, 0.717) is 16.0 Å². The summed E-state index contributed by atoms with van der Waals surface area (Å²) in [6.45, 7) is 0. The van der Waals surface area contributed by atoms with Crippen molar-refractivity contribution in [3.63, 3.8) is 0 Å². The highest BCUT2D eigenvalue weighted by Gasteiger charge is 2.07. The molecule has 17 heavy (non-hydrogen) atoms. The van der Waals surface area contributed by atoms with Gasteiger partial charge in [-0.25, -0.2) is 0 Å². The summed E-state index contributed by atoms with van der Waals surface area (Å²) in [5, 5.41) is 11.7. The van der Waals surface area contributed by atoms with Crippen LogP contribution in [0.5, 0.6) is 0 Å². The van der Waals surface area contributed by atoms with Crippen LogP contribution in [0.1, 0.15) is 10.4 Å². The first kappa shape index (κ1) is 11.1. The van der Waals surface area contributed by atoms with Crippen molar-refractivity contribution in [3.8, 4) is 0 Å². The molecule has 0 spiro atoms. The minimum Gasteiger partial charge on any atom is -0.618 e. The van der Waals surface area contributed by atoms with Gasteiger partial charge in [-0.2, -0.15) is 4.74 Å². The Morgan fingerprint density at radius 1 is 0.941 bits per heavy atom. The molecule has 0 atom stereocenters. The average molecular weight is 225 g/mol. The molecule has 0 fully saturated rings. The molecule has 0 saturated heterocycles. The number of Topliss-reactive ketones (excluding diaryl/α,β-unsaturated/α-hetero) is 1. The average Bonchev–Trinajstić information content (AvgIpc) is 2.40. The van der Waals surface area contributed by atoms with Crippen molar-refractivity contribution in [1.29, 1.82) is 0 Å². The first-order chi connectivity index (χ1) is 8.27. The molecule has 0 N–H and O–H groups in total. The number of nitrogens with zero attached hydrogens (tertiary/aromatic N) is 1. The molecular formula is C14H11NO2. The van der Waals surface area contributed by atoms with Gasteiger partial charge in [0.25, 0.3) is 0 Å². The lowest BCUT2D eigenvalue weighted by molar-refractivity contribution is -0.353. The normalized spacial score (nSPS) is 11.2. The molecule has 0 amide bonds. The van der Waals surface area contributed by atoms with E-state index < -0.39 is 0 Å². The summed E-state index contributed by atoms with van der Waals surface area (Å²) >= 11 is 0. The summed E-state index contributed by atoms with van der Waals surface area (Å²) in [5.41, 5.74) is 0.945. The highest BCUT2D eigenvalue weighted by molar-refractivity contribution is 6.33. The van der Waals surface area contributed by atoms with Crippen LogP contribution < -0.4 is 0 Å². The summed E-state index contributed by atoms with van der Waals surface area (Å²) in [6, 6.07) is 17.3. The Balaban J connectivity index is 2.24. The molecule has 0 saturated carbocycles. The van der Waals surface area contributed by atoms with E-state index in [4.69, 9.17) is 0 Å². The van der Waals surface area contributed by atoms with Gasteiger partial charge < -0.3 is 5.21 Å². The maximum atomic E-state index is 11.7. The molecular weight excluding hydrogens is 214 g/mol. The lowest BCUT2D eigenvalue weighted by atomic mass is 10.1. The number of rotatable bonds is 3. The second kappa shape index (κ2) is 5.07. The lowest BCUT2D eigenvalue weighted by Gasteiger charge is -2.01. The molecule has 0 aliphatic heterocycles. The van der Waals surface area contributed by atoms with Crippen molar-refractivity contribution in [1.82, 2.24) is 0 Å². The van der Waals surface area contributed by atoms with Crippen LogP contribution in [0.15, 0.2) is 60.7 Å². The van der Waals surface area contributed by atoms with E-state index in [2.05, 4.69) is 0 Å². The summed E-state index contributed by atoms with van der Waals surface area (Å²) in [7, 11) is 0. The Morgan fingerprint density at radius 3 is 2.06 bits per heavy atom. The van der Waals surface area contributed by atoms with Crippen LogP contribution in [-0.2, 0) is 0 Å². The maximum absolute atomic E-state index is 11.7. The molecule has 0 heterocycles. The molecule has 0 aromatic heterocycles. The Hall–Kier alpha value is -2.42. The van der Waals surface area contributed by atoms with Crippen LogP contribution in [0, 0.1) is 5.21 Å². The second-order valence-corrected chi connectivity index (χ2v) is 3.52. The van der Waals surface area contributed by atoms with E-state index in [-0.39, 0.29) is 5.78 Å². The van der Waals surface area contributed by atoms with E-state index in [9.17, 15) is 10.0 Å². The Bertz CT molecular complexity index is 533. The van der Waals surface area contributed by atoms with Gasteiger partial charge in [0, 0.05) is 17.7 Å². The number of benzene rings is 2. The van der Waals surface area contributed by atoms with E-state index >= 15 is 0 Å². The Kier molecular flexibility index (Phi) is 3.31. The highest BCUT2D eigenvalue weighted by Crippen LogP contribution is 2.08. The fraction of sp³-hybridized carbons (Fsp3) is 0. The Labute approximate surface area is 99.2 Å². The maximum Gasteiger partial charge on any atom is 0.250 e. The molecule has 0 aliphatic rings. The highest BCUT2D eigenvalue weighted by atomic mass is 16.5. The van der Waals surface area contributed by atoms with Crippen molar-refractivity contribution in [3.05, 3.63) is 71.4 Å². The van der Waals surface area contributed by atoms with Gasteiger partial charge in [-0.15, -0.1) is 0 Å². The monoisotopic (exact) mass is 225 g/mol.